The zero-order valence-corrected chi connectivity index (χ0v) is 16.8. The maximum Gasteiger partial charge on any atom is 0.285 e. The van der Waals surface area contributed by atoms with E-state index in [4.69, 9.17) is 4.42 Å². The summed E-state index contributed by atoms with van der Waals surface area (Å²) >= 11 is 0. The number of non-ortho nitro benzene ring substituents is 1. The van der Waals surface area contributed by atoms with Gasteiger partial charge in [-0.3, -0.25) is 10.1 Å². The average molecular weight is 440 g/mol. The second-order valence-corrected chi connectivity index (χ2v) is 8.06. The molecular formula is C20H16N4O6S. The summed E-state index contributed by atoms with van der Waals surface area (Å²) in [5.74, 6) is 0.963. The van der Waals surface area contributed by atoms with Gasteiger partial charge in [0.05, 0.1) is 24.3 Å². The van der Waals surface area contributed by atoms with Crippen LogP contribution in [0.25, 0.3) is 11.3 Å². The maximum absolute atomic E-state index is 12.3. The summed E-state index contributed by atoms with van der Waals surface area (Å²) in [6.45, 7) is -0.250. The lowest BCUT2D eigenvalue weighted by Crippen LogP contribution is -2.28. The summed E-state index contributed by atoms with van der Waals surface area (Å²) < 4.78 is 34.1. The summed E-state index contributed by atoms with van der Waals surface area (Å²) in [6, 6.07) is 15.6. The fourth-order valence-electron chi connectivity index (χ4n) is 3.04. The van der Waals surface area contributed by atoms with Gasteiger partial charge in [0.25, 0.3) is 15.7 Å². The molecule has 158 valence electrons. The summed E-state index contributed by atoms with van der Waals surface area (Å²) in [4.78, 5) is 10.4. The van der Waals surface area contributed by atoms with Gasteiger partial charge in [0.2, 0.25) is 0 Å². The van der Waals surface area contributed by atoms with Crippen LogP contribution in [0, 0.1) is 10.1 Å². The van der Waals surface area contributed by atoms with Crippen LogP contribution in [0.5, 0.6) is 0 Å². The van der Waals surface area contributed by atoms with Crippen molar-refractivity contribution in [2.24, 2.45) is 9.50 Å². The fraction of sp³-hybridized carbons (Fsp3) is 0.100. The molecule has 1 aliphatic rings. The Balaban J connectivity index is 1.59. The van der Waals surface area contributed by atoms with E-state index in [1.807, 2.05) is 0 Å². The van der Waals surface area contributed by atoms with E-state index in [2.05, 4.69) is 9.50 Å². The third kappa shape index (κ3) is 4.09. The van der Waals surface area contributed by atoms with E-state index < -0.39 is 14.9 Å². The molecule has 0 fully saturated rings. The minimum Gasteiger partial charge on any atom is -0.455 e. The monoisotopic (exact) mass is 440 g/mol. The number of amidine groups is 1. The number of hydrogen-bond donors (Lipinski definition) is 1. The average Bonchev–Trinajstić information content (AvgIpc) is 3.34. The van der Waals surface area contributed by atoms with Gasteiger partial charge in [-0.1, -0.05) is 12.1 Å². The normalized spacial score (nSPS) is 14.4. The van der Waals surface area contributed by atoms with Crippen molar-refractivity contribution >= 4 is 27.8 Å². The zero-order chi connectivity index (χ0) is 22.0. The summed E-state index contributed by atoms with van der Waals surface area (Å²) in [6.07, 6.45) is 1.38. The first-order valence-corrected chi connectivity index (χ1v) is 10.5. The number of sulfonamides is 1. The minimum atomic E-state index is -3.82. The van der Waals surface area contributed by atoms with E-state index in [0.29, 0.717) is 22.6 Å². The fourth-order valence-corrected chi connectivity index (χ4v) is 4.25. The molecule has 2 heterocycles. The van der Waals surface area contributed by atoms with E-state index in [1.54, 1.807) is 42.5 Å². The number of nitro benzene ring substituents is 1. The predicted molar refractivity (Wildman–Crippen MR) is 112 cm³/mol. The van der Waals surface area contributed by atoms with Crippen LogP contribution in [0.2, 0.25) is 0 Å². The van der Waals surface area contributed by atoms with Crippen molar-refractivity contribution in [1.82, 2.24) is 5.01 Å². The number of aliphatic hydroxyl groups is 1. The highest BCUT2D eigenvalue weighted by molar-refractivity contribution is 7.90. The van der Waals surface area contributed by atoms with Crippen molar-refractivity contribution < 1.29 is 22.9 Å². The van der Waals surface area contributed by atoms with E-state index >= 15 is 0 Å². The van der Waals surface area contributed by atoms with Crippen molar-refractivity contribution in [2.75, 3.05) is 13.2 Å². The Morgan fingerprint density at radius 3 is 2.58 bits per heavy atom. The Morgan fingerprint density at radius 2 is 1.87 bits per heavy atom. The number of aliphatic hydroxyl groups excluding tert-OH is 1. The number of furan rings is 1. The molecule has 31 heavy (non-hydrogen) atoms. The SMILES string of the molecule is O=[N+]([O-])c1ccc(-c2ccc(/C=N/N(CCO)C3=NS(=O)(=O)c4ccccc43)o2)cc1. The van der Waals surface area contributed by atoms with Gasteiger partial charge >= 0.3 is 0 Å². The van der Waals surface area contributed by atoms with Gasteiger partial charge in [0, 0.05) is 23.3 Å². The zero-order valence-electron chi connectivity index (χ0n) is 16.0. The molecule has 0 unspecified atom stereocenters. The van der Waals surface area contributed by atoms with Gasteiger partial charge in [-0.05, 0) is 36.4 Å². The third-order valence-electron chi connectivity index (χ3n) is 4.48. The molecule has 0 aliphatic carbocycles. The number of rotatable bonds is 6. The van der Waals surface area contributed by atoms with Crippen LogP contribution in [-0.4, -0.2) is 48.7 Å². The van der Waals surface area contributed by atoms with Crippen LogP contribution in [-0.2, 0) is 10.0 Å². The second-order valence-electron chi connectivity index (χ2n) is 6.48. The van der Waals surface area contributed by atoms with Crippen molar-refractivity contribution in [3.8, 4) is 11.3 Å². The lowest BCUT2D eigenvalue weighted by molar-refractivity contribution is -0.384. The lowest BCUT2D eigenvalue weighted by atomic mass is 10.1. The Hall–Kier alpha value is -3.83. The third-order valence-corrected chi connectivity index (χ3v) is 5.81. The highest BCUT2D eigenvalue weighted by Crippen LogP contribution is 2.28. The largest absolute Gasteiger partial charge is 0.455 e. The molecule has 0 atom stereocenters. The van der Waals surface area contributed by atoms with Crippen LogP contribution < -0.4 is 0 Å². The predicted octanol–water partition coefficient (Wildman–Crippen LogP) is 2.63. The van der Waals surface area contributed by atoms with Crippen LogP contribution in [0.1, 0.15) is 11.3 Å². The summed E-state index contributed by atoms with van der Waals surface area (Å²) in [5, 5.41) is 25.7. The molecule has 1 aromatic heterocycles. The Morgan fingerprint density at radius 1 is 1.13 bits per heavy atom. The molecule has 10 nitrogen and oxygen atoms in total. The molecule has 0 spiro atoms. The molecular weight excluding hydrogens is 424 g/mol. The van der Waals surface area contributed by atoms with Crippen LogP contribution in [0.15, 0.2) is 79.5 Å². The van der Waals surface area contributed by atoms with Crippen molar-refractivity contribution in [3.63, 3.8) is 0 Å². The molecule has 0 saturated carbocycles. The minimum absolute atomic E-state index is 0.0229. The molecule has 11 heteroatoms. The smallest absolute Gasteiger partial charge is 0.285 e. The van der Waals surface area contributed by atoms with Gasteiger partial charge < -0.3 is 9.52 Å². The molecule has 3 aromatic rings. The van der Waals surface area contributed by atoms with Gasteiger partial charge in [-0.25, -0.2) is 5.01 Å². The number of fused-ring (bicyclic) bond motifs is 1. The number of hydrazone groups is 1. The molecule has 4 rings (SSSR count). The van der Waals surface area contributed by atoms with E-state index in [1.165, 1.54) is 29.4 Å². The Kier molecular flexibility index (Phi) is 5.36. The molecule has 0 bridgehead atoms. The quantitative estimate of drug-likeness (QED) is 0.353. The first-order valence-electron chi connectivity index (χ1n) is 9.10. The van der Waals surface area contributed by atoms with E-state index in [-0.39, 0.29) is 29.6 Å². The van der Waals surface area contributed by atoms with Crippen LogP contribution >= 0.6 is 0 Å². The molecule has 0 saturated heterocycles. The molecule has 0 radical (unpaired) electrons. The van der Waals surface area contributed by atoms with E-state index in [9.17, 15) is 23.6 Å². The van der Waals surface area contributed by atoms with Crippen molar-refractivity contribution in [1.29, 1.82) is 0 Å². The van der Waals surface area contributed by atoms with Gasteiger partial charge in [0.15, 0.2) is 5.84 Å². The van der Waals surface area contributed by atoms with Crippen molar-refractivity contribution in [2.45, 2.75) is 4.90 Å². The lowest BCUT2D eigenvalue weighted by Gasteiger charge is -2.17. The second kappa shape index (κ2) is 8.13. The molecule has 1 aliphatic heterocycles. The summed E-state index contributed by atoms with van der Waals surface area (Å²) in [7, 11) is -3.82. The summed E-state index contributed by atoms with van der Waals surface area (Å²) in [5.41, 5.74) is 1.03. The van der Waals surface area contributed by atoms with Crippen molar-refractivity contribution in [3.05, 3.63) is 82.1 Å². The Labute approximate surface area is 177 Å². The number of hydrogen-bond acceptors (Lipinski definition) is 8. The highest BCUT2D eigenvalue weighted by Gasteiger charge is 2.31. The maximum atomic E-state index is 12.3. The van der Waals surface area contributed by atoms with Gasteiger partial charge in [-0.15, -0.1) is 4.40 Å². The van der Waals surface area contributed by atoms with E-state index in [0.717, 1.165) is 0 Å². The Bertz CT molecular complexity index is 1300. The van der Waals surface area contributed by atoms with Gasteiger partial charge in [0.1, 0.15) is 16.4 Å². The highest BCUT2D eigenvalue weighted by atomic mass is 32.2. The molecule has 2 aromatic carbocycles. The number of nitrogens with zero attached hydrogens (tertiary/aromatic N) is 4. The standard InChI is InChI=1S/C20H16N4O6S/c25-12-11-23(20-17-3-1-2-4-19(17)31(28,29)22-20)21-13-16-9-10-18(30-16)14-5-7-15(8-6-14)24(26)27/h1-10,13,25H,11-12H2/b21-13+. The topological polar surface area (TPSA) is 139 Å². The molecule has 0 amide bonds. The van der Waals surface area contributed by atoms with Crippen LogP contribution in [0.4, 0.5) is 5.69 Å². The first kappa shape index (κ1) is 20.4. The number of benzene rings is 2. The first-order chi connectivity index (χ1) is 14.9. The van der Waals surface area contributed by atoms with Gasteiger partial charge in [-0.2, -0.15) is 13.5 Å². The number of nitro groups is 1. The van der Waals surface area contributed by atoms with Crippen LogP contribution in [0.3, 0.4) is 0 Å². The molecule has 1 N–H and O–H groups in total.